The fourth-order valence-corrected chi connectivity index (χ4v) is 8.76. The van der Waals surface area contributed by atoms with E-state index in [1.807, 2.05) is 12.1 Å². The summed E-state index contributed by atoms with van der Waals surface area (Å²) in [6, 6.07) is 67.0. The Morgan fingerprint density at radius 1 is 0.400 bits per heavy atom. The van der Waals surface area contributed by atoms with Gasteiger partial charge in [-0.25, -0.2) is 9.97 Å². The number of hydrogen-bond acceptors (Lipinski definition) is 3. The van der Waals surface area contributed by atoms with Gasteiger partial charge in [0.1, 0.15) is 11.2 Å². The topological polar surface area (TPSA) is 38.9 Å². The molecule has 2 aromatic heterocycles. The van der Waals surface area contributed by atoms with Crippen molar-refractivity contribution < 1.29 is 4.42 Å². The predicted octanol–water partition coefficient (Wildman–Crippen LogP) is 13.5. The lowest BCUT2D eigenvalue weighted by atomic mass is 9.74. The van der Waals surface area contributed by atoms with Crippen LogP contribution in [0.3, 0.4) is 0 Å². The summed E-state index contributed by atoms with van der Waals surface area (Å²) in [5.41, 5.74) is 15.1. The molecule has 3 nitrogen and oxygen atoms in total. The molecule has 10 aromatic rings. The van der Waals surface area contributed by atoms with Crippen LogP contribution in [0.5, 0.6) is 0 Å². The van der Waals surface area contributed by atoms with Crippen LogP contribution >= 0.6 is 0 Å². The van der Waals surface area contributed by atoms with E-state index in [-0.39, 0.29) is 5.41 Å². The van der Waals surface area contributed by atoms with Gasteiger partial charge < -0.3 is 4.42 Å². The van der Waals surface area contributed by atoms with Crippen LogP contribution in [0.15, 0.2) is 192 Å². The van der Waals surface area contributed by atoms with Gasteiger partial charge in [0.2, 0.25) is 0 Å². The van der Waals surface area contributed by atoms with Crippen molar-refractivity contribution in [2.75, 3.05) is 0 Å². The maximum absolute atomic E-state index is 6.10. The van der Waals surface area contributed by atoms with Crippen molar-refractivity contribution in [1.82, 2.24) is 9.97 Å². The smallest absolute Gasteiger partial charge is 0.161 e. The van der Waals surface area contributed by atoms with Gasteiger partial charge in [-0.2, -0.15) is 0 Å². The first kappa shape index (κ1) is 31.4. The highest BCUT2D eigenvalue weighted by Gasteiger charge is 2.40. The first-order valence-electron chi connectivity index (χ1n) is 18.8. The Hall–Kier alpha value is -7.10. The molecule has 0 fully saturated rings. The lowest BCUT2D eigenvalue weighted by Gasteiger charge is -2.28. The first-order valence-corrected chi connectivity index (χ1v) is 18.8. The van der Waals surface area contributed by atoms with Gasteiger partial charge in [-0.15, -0.1) is 0 Å². The van der Waals surface area contributed by atoms with Crippen molar-refractivity contribution in [3.63, 3.8) is 0 Å². The molecule has 1 unspecified atom stereocenters. The third kappa shape index (κ3) is 4.97. The highest BCUT2D eigenvalue weighted by molar-refractivity contribution is 6.06. The summed E-state index contributed by atoms with van der Waals surface area (Å²) in [6.07, 6.45) is 0. The van der Waals surface area contributed by atoms with Crippen molar-refractivity contribution in [3.05, 3.63) is 205 Å². The fourth-order valence-electron chi connectivity index (χ4n) is 8.76. The minimum absolute atomic E-state index is 0.306. The molecule has 11 rings (SSSR count). The summed E-state index contributed by atoms with van der Waals surface area (Å²) in [6.45, 7) is 2.36. The van der Waals surface area contributed by atoms with Crippen LogP contribution in [-0.4, -0.2) is 9.97 Å². The third-order valence-corrected chi connectivity index (χ3v) is 11.6. The molecule has 55 heavy (non-hydrogen) atoms. The molecule has 0 amide bonds. The van der Waals surface area contributed by atoms with Gasteiger partial charge in [0.05, 0.1) is 11.4 Å². The van der Waals surface area contributed by atoms with E-state index in [0.29, 0.717) is 5.82 Å². The van der Waals surface area contributed by atoms with E-state index in [4.69, 9.17) is 14.4 Å². The summed E-state index contributed by atoms with van der Waals surface area (Å²) in [4.78, 5) is 10.6. The minimum atomic E-state index is -0.306. The molecule has 0 radical (unpaired) electrons. The van der Waals surface area contributed by atoms with E-state index in [9.17, 15) is 0 Å². The molecule has 0 spiro atoms. The zero-order chi connectivity index (χ0) is 36.5. The van der Waals surface area contributed by atoms with Crippen molar-refractivity contribution in [2.24, 2.45) is 0 Å². The SMILES string of the molecule is CC1(c2ccccc2)c2ccccc2-c2ccc(-c3cc(-c4ccc(-c5ccc6oc7ccccc7c6c5)cc4)nc(-c4cccc5ccccc45)n3)cc21. The average Bonchev–Trinajstić information content (AvgIpc) is 3.76. The van der Waals surface area contributed by atoms with Crippen molar-refractivity contribution in [2.45, 2.75) is 12.3 Å². The average molecular weight is 703 g/mol. The molecular formula is C52H34N2O. The van der Waals surface area contributed by atoms with Crippen LogP contribution in [0.4, 0.5) is 0 Å². The van der Waals surface area contributed by atoms with Crippen LogP contribution in [-0.2, 0) is 5.41 Å². The van der Waals surface area contributed by atoms with Crippen LogP contribution in [0.2, 0.25) is 0 Å². The van der Waals surface area contributed by atoms with Gasteiger partial charge in [-0.3, -0.25) is 0 Å². The fraction of sp³-hybridized carbons (Fsp3) is 0.0385. The summed E-state index contributed by atoms with van der Waals surface area (Å²) >= 11 is 0. The Balaban J connectivity index is 1.06. The van der Waals surface area contributed by atoms with E-state index in [2.05, 4.69) is 183 Å². The summed E-state index contributed by atoms with van der Waals surface area (Å²) < 4.78 is 6.10. The molecule has 3 heteroatoms. The maximum Gasteiger partial charge on any atom is 0.161 e. The Morgan fingerprint density at radius 2 is 1.02 bits per heavy atom. The standard InChI is InChI=1S/C52H34N2O/c1-52(38-14-3-2-4-15-38)45-20-9-7-17-40(45)41-28-26-37(31-46(41)52)48-32-47(53-51(54-48)43-19-11-13-34-12-5-6-16-39(34)43)35-24-22-33(23-25-35)36-27-29-50-44(30-36)42-18-8-10-21-49(42)55-50/h2-32H,1H3. The molecule has 1 atom stereocenters. The van der Waals surface area contributed by atoms with Gasteiger partial charge in [0.15, 0.2) is 5.82 Å². The molecule has 8 aromatic carbocycles. The number of benzene rings is 8. The van der Waals surface area contributed by atoms with Crippen LogP contribution in [0.1, 0.15) is 23.6 Å². The van der Waals surface area contributed by atoms with E-state index < -0.39 is 0 Å². The summed E-state index contributed by atoms with van der Waals surface area (Å²) in [5, 5.41) is 4.55. The van der Waals surface area contributed by atoms with Crippen LogP contribution in [0, 0.1) is 0 Å². The molecule has 0 N–H and O–H groups in total. The normalized spacial score (nSPS) is 14.7. The van der Waals surface area contributed by atoms with Crippen molar-refractivity contribution >= 4 is 32.7 Å². The monoisotopic (exact) mass is 702 g/mol. The lowest BCUT2D eigenvalue weighted by molar-refractivity contribution is 0.669. The quantitative estimate of drug-likeness (QED) is 0.179. The Labute approximate surface area is 319 Å². The Kier molecular flexibility index (Phi) is 6.99. The van der Waals surface area contributed by atoms with Gasteiger partial charge in [0, 0.05) is 32.9 Å². The predicted molar refractivity (Wildman–Crippen MR) is 226 cm³/mol. The zero-order valence-electron chi connectivity index (χ0n) is 30.2. The van der Waals surface area contributed by atoms with E-state index in [0.717, 1.165) is 71.9 Å². The minimum Gasteiger partial charge on any atom is -0.456 e. The largest absolute Gasteiger partial charge is 0.456 e. The van der Waals surface area contributed by atoms with Crippen molar-refractivity contribution in [1.29, 1.82) is 0 Å². The second-order valence-corrected chi connectivity index (χ2v) is 14.7. The maximum atomic E-state index is 6.10. The number of aromatic nitrogens is 2. The number of rotatable bonds is 5. The molecule has 258 valence electrons. The second-order valence-electron chi connectivity index (χ2n) is 14.7. The van der Waals surface area contributed by atoms with Gasteiger partial charge in [-0.05, 0) is 87.0 Å². The Morgan fingerprint density at radius 3 is 1.89 bits per heavy atom. The number of nitrogens with zero attached hydrogens (tertiary/aromatic N) is 2. The number of furan rings is 1. The van der Waals surface area contributed by atoms with Crippen molar-refractivity contribution in [3.8, 4) is 56.2 Å². The van der Waals surface area contributed by atoms with Gasteiger partial charge >= 0.3 is 0 Å². The second kappa shape index (κ2) is 12.2. The molecule has 2 heterocycles. The molecule has 1 aliphatic rings. The number of fused-ring (bicyclic) bond motifs is 7. The first-order chi connectivity index (χ1) is 27.1. The number of hydrogen-bond donors (Lipinski definition) is 0. The molecule has 0 bridgehead atoms. The number of para-hydroxylation sites is 1. The Bertz CT molecular complexity index is 3100. The van der Waals surface area contributed by atoms with Gasteiger partial charge in [0.25, 0.3) is 0 Å². The lowest BCUT2D eigenvalue weighted by Crippen LogP contribution is -2.22. The zero-order valence-corrected chi connectivity index (χ0v) is 30.2. The van der Waals surface area contributed by atoms with E-state index in [1.54, 1.807) is 0 Å². The summed E-state index contributed by atoms with van der Waals surface area (Å²) in [5.74, 6) is 0.709. The molecule has 0 aliphatic heterocycles. The third-order valence-electron chi connectivity index (χ3n) is 11.6. The highest BCUT2D eigenvalue weighted by Crippen LogP contribution is 2.53. The van der Waals surface area contributed by atoms with E-state index >= 15 is 0 Å². The molecular weight excluding hydrogens is 669 g/mol. The molecule has 1 aliphatic carbocycles. The van der Waals surface area contributed by atoms with Crippen LogP contribution < -0.4 is 0 Å². The molecule has 0 saturated heterocycles. The van der Waals surface area contributed by atoms with Crippen LogP contribution in [0.25, 0.3) is 88.9 Å². The highest BCUT2D eigenvalue weighted by atomic mass is 16.3. The molecule has 0 saturated carbocycles. The van der Waals surface area contributed by atoms with E-state index in [1.165, 1.54) is 27.8 Å². The summed E-state index contributed by atoms with van der Waals surface area (Å²) in [7, 11) is 0. The van der Waals surface area contributed by atoms with Gasteiger partial charge in [-0.1, -0.05) is 158 Å².